The van der Waals surface area contributed by atoms with Crippen molar-refractivity contribution in [2.75, 3.05) is 37.4 Å². The van der Waals surface area contributed by atoms with Gasteiger partial charge in [-0.15, -0.1) is 0 Å². The zero-order chi connectivity index (χ0) is 21.6. The van der Waals surface area contributed by atoms with E-state index in [4.69, 9.17) is 9.47 Å². The smallest absolute Gasteiger partial charge is 0.240 e. The molecule has 0 bridgehead atoms. The topological polar surface area (TPSA) is 84.9 Å². The Bertz CT molecular complexity index is 1130. The number of hydrogen-bond donors (Lipinski definition) is 1. The normalized spacial score (nSPS) is 11.1. The predicted octanol–water partition coefficient (Wildman–Crippen LogP) is 2.81. The van der Waals surface area contributed by atoms with E-state index < -0.39 is 15.9 Å². The molecule has 1 amide bonds. The van der Waals surface area contributed by atoms with E-state index in [1.807, 2.05) is 42.5 Å². The van der Waals surface area contributed by atoms with Gasteiger partial charge in [0.2, 0.25) is 15.9 Å². The van der Waals surface area contributed by atoms with Crippen molar-refractivity contribution in [2.24, 2.45) is 0 Å². The van der Waals surface area contributed by atoms with Crippen molar-refractivity contribution in [1.29, 1.82) is 0 Å². The van der Waals surface area contributed by atoms with Gasteiger partial charge in [-0.2, -0.15) is 0 Å². The van der Waals surface area contributed by atoms with Crippen molar-refractivity contribution in [3.63, 3.8) is 0 Å². The van der Waals surface area contributed by atoms with Crippen LogP contribution in [0.4, 0.5) is 5.69 Å². The van der Waals surface area contributed by atoms with Crippen molar-refractivity contribution in [2.45, 2.75) is 0 Å². The summed E-state index contributed by atoms with van der Waals surface area (Å²) >= 11 is 0. The van der Waals surface area contributed by atoms with E-state index >= 15 is 0 Å². The fourth-order valence-electron chi connectivity index (χ4n) is 3.08. The summed E-state index contributed by atoms with van der Waals surface area (Å²) in [4.78, 5) is 12.4. The van der Waals surface area contributed by atoms with Gasteiger partial charge in [-0.05, 0) is 23.6 Å². The highest BCUT2D eigenvalue weighted by molar-refractivity contribution is 7.92. The lowest BCUT2D eigenvalue weighted by atomic mass is 10.1. The van der Waals surface area contributed by atoms with Crippen LogP contribution in [0.25, 0.3) is 10.8 Å². The third kappa shape index (κ3) is 5.21. The van der Waals surface area contributed by atoms with Gasteiger partial charge in [0.25, 0.3) is 0 Å². The molecule has 0 atom stereocenters. The molecule has 0 fully saturated rings. The maximum Gasteiger partial charge on any atom is 0.240 e. The molecule has 7 nitrogen and oxygen atoms in total. The maximum atomic E-state index is 12.4. The number of anilines is 1. The molecule has 158 valence electrons. The van der Waals surface area contributed by atoms with Gasteiger partial charge < -0.3 is 14.8 Å². The number of sulfonamides is 1. The van der Waals surface area contributed by atoms with Gasteiger partial charge in [-0.25, -0.2) is 8.42 Å². The molecule has 0 unspecified atom stereocenters. The second-order valence-electron chi connectivity index (χ2n) is 6.62. The van der Waals surface area contributed by atoms with Gasteiger partial charge in [-0.1, -0.05) is 48.5 Å². The van der Waals surface area contributed by atoms with Crippen LogP contribution in [0.3, 0.4) is 0 Å². The quantitative estimate of drug-likeness (QED) is 0.530. The molecule has 0 aliphatic carbocycles. The number of ether oxygens (including phenoxy) is 2. The Hall–Kier alpha value is -3.26. The van der Waals surface area contributed by atoms with Crippen LogP contribution in [-0.2, 0) is 14.8 Å². The lowest BCUT2D eigenvalue weighted by molar-refractivity contribution is -0.119. The van der Waals surface area contributed by atoms with Gasteiger partial charge in [0, 0.05) is 5.39 Å². The number of nitrogens with one attached hydrogen (secondary N) is 1. The Balaban J connectivity index is 1.60. The number of nitrogens with zero attached hydrogens (tertiary/aromatic N) is 1. The lowest BCUT2D eigenvalue weighted by Crippen LogP contribution is -2.41. The van der Waals surface area contributed by atoms with E-state index in [2.05, 4.69) is 5.32 Å². The summed E-state index contributed by atoms with van der Waals surface area (Å²) in [6.45, 7) is 0.145. The van der Waals surface area contributed by atoms with Crippen LogP contribution in [0.15, 0.2) is 66.7 Å². The molecule has 30 heavy (non-hydrogen) atoms. The zero-order valence-corrected chi connectivity index (χ0v) is 17.7. The van der Waals surface area contributed by atoms with Gasteiger partial charge in [0.1, 0.15) is 24.7 Å². The highest BCUT2D eigenvalue weighted by Gasteiger charge is 2.23. The van der Waals surface area contributed by atoms with E-state index in [-0.39, 0.29) is 19.7 Å². The molecule has 8 heteroatoms. The minimum Gasteiger partial charge on any atom is -0.495 e. The second kappa shape index (κ2) is 9.49. The summed E-state index contributed by atoms with van der Waals surface area (Å²) in [6, 6.07) is 20.3. The summed E-state index contributed by atoms with van der Waals surface area (Å²) in [7, 11) is -2.23. The van der Waals surface area contributed by atoms with Gasteiger partial charge in [0.15, 0.2) is 0 Å². The molecule has 0 radical (unpaired) electrons. The highest BCUT2D eigenvalue weighted by Crippen LogP contribution is 2.29. The monoisotopic (exact) mass is 428 g/mol. The minimum absolute atomic E-state index is 0.242. The third-order valence-electron chi connectivity index (χ3n) is 4.47. The second-order valence-corrected chi connectivity index (χ2v) is 8.52. The number of benzene rings is 3. The number of carbonyl (C=O) groups is 1. The van der Waals surface area contributed by atoms with E-state index in [9.17, 15) is 13.2 Å². The van der Waals surface area contributed by atoms with Crippen LogP contribution in [-0.4, -0.2) is 47.4 Å². The van der Waals surface area contributed by atoms with Crippen molar-refractivity contribution >= 4 is 32.4 Å². The van der Waals surface area contributed by atoms with E-state index in [1.165, 1.54) is 7.11 Å². The average Bonchev–Trinajstić information content (AvgIpc) is 2.74. The van der Waals surface area contributed by atoms with Crippen LogP contribution in [0.1, 0.15) is 0 Å². The Morgan fingerprint density at radius 3 is 2.40 bits per heavy atom. The highest BCUT2D eigenvalue weighted by atomic mass is 32.2. The Kier molecular flexibility index (Phi) is 6.79. The standard InChI is InChI=1S/C22H24N2O5S/c1-28-21-12-6-5-11-19(21)24(30(2,26)27)16-22(25)23-14-15-29-20-13-7-9-17-8-3-4-10-18(17)20/h3-13H,14-16H2,1-2H3,(H,23,25). The summed E-state index contributed by atoms with van der Waals surface area (Å²) < 4.78 is 36.5. The molecule has 3 aromatic carbocycles. The van der Waals surface area contributed by atoms with Crippen LogP contribution in [0.5, 0.6) is 11.5 Å². The number of hydrogen-bond acceptors (Lipinski definition) is 5. The van der Waals surface area contributed by atoms with Crippen molar-refractivity contribution in [3.8, 4) is 11.5 Å². The molecule has 0 saturated carbocycles. The Morgan fingerprint density at radius 1 is 0.967 bits per heavy atom. The molecule has 0 heterocycles. The first-order chi connectivity index (χ1) is 14.4. The molecule has 0 aliphatic rings. The summed E-state index contributed by atoms with van der Waals surface area (Å²) in [5.74, 6) is 0.664. The van der Waals surface area contributed by atoms with Gasteiger partial charge in [-0.3, -0.25) is 9.10 Å². The third-order valence-corrected chi connectivity index (χ3v) is 5.60. The number of carbonyl (C=O) groups excluding carboxylic acids is 1. The molecule has 3 rings (SSSR count). The predicted molar refractivity (Wildman–Crippen MR) is 118 cm³/mol. The molecule has 0 aliphatic heterocycles. The van der Waals surface area contributed by atoms with Crippen LogP contribution >= 0.6 is 0 Å². The van der Waals surface area contributed by atoms with Gasteiger partial charge >= 0.3 is 0 Å². The molecular formula is C22H24N2O5S. The largest absolute Gasteiger partial charge is 0.495 e. The number of rotatable bonds is 9. The first-order valence-electron chi connectivity index (χ1n) is 9.38. The molecule has 3 aromatic rings. The fraction of sp³-hybridized carbons (Fsp3) is 0.227. The number of fused-ring (bicyclic) bond motifs is 1. The minimum atomic E-state index is -3.68. The van der Waals surface area contributed by atoms with Crippen LogP contribution in [0, 0.1) is 0 Å². The van der Waals surface area contributed by atoms with Crippen molar-refractivity contribution < 1.29 is 22.7 Å². The Morgan fingerprint density at radius 2 is 1.63 bits per heavy atom. The molecule has 0 aromatic heterocycles. The van der Waals surface area contributed by atoms with Crippen LogP contribution < -0.4 is 19.1 Å². The van der Waals surface area contributed by atoms with E-state index in [0.717, 1.165) is 27.1 Å². The van der Waals surface area contributed by atoms with E-state index in [1.54, 1.807) is 24.3 Å². The van der Waals surface area contributed by atoms with Crippen LogP contribution in [0.2, 0.25) is 0 Å². The molecular weight excluding hydrogens is 404 g/mol. The lowest BCUT2D eigenvalue weighted by Gasteiger charge is -2.23. The van der Waals surface area contributed by atoms with E-state index in [0.29, 0.717) is 11.4 Å². The summed E-state index contributed by atoms with van der Waals surface area (Å²) in [6.07, 6.45) is 1.05. The molecule has 1 N–H and O–H groups in total. The van der Waals surface area contributed by atoms with Crippen molar-refractivity contribution in [3.05, 3.63) is 66.7 Å². The average molecular weight is 429 g/mol. The van der Waals surface area contributed by atoms with Gasteiger partial charge in [0.05, 0.1) is 25.6 Å². The first-order valence-corrected chi connectivity index (χ1v) is 11.2. The maximum absolute atomic E-state index is 12.4. The first kappa shape index (κ1) is 21.4. The molecule has 0 spiro atoms. The number of amides is 1. The number of para-hydroxylation sites is 2. The van der Waals surface area contributed by atoms with Crippen molar-refractivity contribution in [1.82, 2.24) is 5.32 Å². The number of methoxy groups -OCH3 is 1. The Labute approximate surface area is 176 Å². The summed E-state index contributed by atoms with van der Waals surface area (Å²) in [5.41, 5.74) is 0.310. The summed E-state index contributed by atoms with van der Waals surface area (Å²) in [5, 5.41) is 4.76. The fourth-order valence-corrected chi connectivity index (χ4v) is 3.94. The molecule has 0 saturated heterocycles. The SMILES string of the molecule is COc1ccccc1N(CC(=O)NCCOc1cccc2ccccc12)S(C)(=O)=O. The zero-order valence-electron chi connectivity index (χ0n) is 16.9.